The van der Waals surface area contributed by atoms with Crippen LogP contribution in [-0.4, -0.2) is 40.2 Å². The Morgan fingerprint density at radius 2 is 1.83 bits per heavy atom. The highest BCUT2D eigenvalue weighted by molar-refractivity contribution is 6.01. The van der Waals surface area contributed by atoms with Crippen LogP contribution >= 0.6 is 0 Å². The zero-order chi connectivity index (χ0) is 20.8. The van der Waals surface area contributed by atoms with E-state index >= 15 is 0 Å². The minimum absolute atomic E-state index is 0.0628. The zero-order valence-corrected chi connectivity index (χ0v) is 16.4. The number of benzene rings is 2. The Kier molecular flexibility index (Phi) is 4.61. The minimum Gasteiger partial charge on any atom is -0.486 e. The van der Waals surface area contributed by atoms with Crippen LogP contribution in [0.3, 0.4) is 0 Å². The third-order valence-corrected chi connectivity index (χ3v) is 6.07. The highest BCUT2D eigenvalue weighted by Gasteiger charge is 2.44. The van der Waals surface area contributed by atoms with E-state index in [-0.39, 0.29) is 29.4 Å². The first-order chi connectivity index (χ1) is 13.8. The van der Waals surface area contributed by atoms with E-state index in [1.807, 2.05) is 26.0 Å². The van der Waals surface area contributed by atoms with Crippen molar-refractivity contribution in [2.75, 3.05) is 13.1 Å². The lowest BCUT2D eigenvalue weighted by atomic mass is 9.81. The summed E-state index contributed by atoms with van der Waals surface area (Å²) in [4.78, 5) is 37.9. The average Bonchev–Trinajstić information content (AvgIpc) is 2.71. The molecule has 0 saturated carbocycles. The lowest BCUT2D eigenvalue weighted by Crippen LogP contribution is -2.52. The molecule has 2 aromatic rings. The molecule has 1 saturated heterocycles. The van der Waals surface area contributed by atoms with Gasteiger partial charge in [0.2, 0.25) is 0 Å². The first-order valence-electron chi connectivity index (χ1n) is 9.66. The average molecular weight is 394 g/mol. The molecule has 0 bridgehead atoms. The van der Waals surface area contributed by atoms with Crippen molar-refractivity contribution in [3.8, 4) is 5.75 Å². The maximum atomic E-state index is 12.9. The summed E-state index contributed by atoms with van der Waals surface area (Å²) in [5.74, 6) is 0.356. The predicted octanol–water partition coefficient (Wildman–Crippen LogP) is 3.85. The second-order valence-electron chi connectivity index (χ2n) is 7.84. The number of Topliss-reactive ketones (excluding diaryl/α,β-unsaturated/α-hetero) is 1. The number of piperidine rings is 1. The molecule has 0 radical (unpaired) electrons. The molecule has 7 nitrogen and oxygen atoms in total. The molecule has 7 heteroatoms. The van der Waals surface area contributed by atoms with Crippen molar-refractivity contribution in [2.24, 2.45) is 0 Å². The van der Waals surface area contributed by atoms with Crippen molar-refractivity contribution >= 4 is 17.4 Å². The maximum absolute atomic E-state index is 12.9. The topological polar surface area (TPSA) is 89.8 Å². The van der Waals surface area contributed by atoms with Gasteiger partial charge in [-0.2, -0.15) is 0 Å². The van der Waals surface area contributed by atoms with E-state index in [4.69, 9.17) is 4.74 Å². The number of fused-ring (bicyclic) bond motifs is 1. The number of carbonyl (C=O) groups excluding carboxylic acids is 2. The number of likely N-dealkylation sites (tertiary alicyclic amines) is 1. The first-order valence-corrected chi connectivity index (χ1v) is 9.66. The fourth-order valence-electron chi connectivity index (χ4n) is 4.16. The van der Waals surface area contributed by atoms with Crippen LogP contribution in [0.15, 0.2) is 36.4 Å². The standard InChI is InChI=1S/C22H22N2O5/c1-14-7-8-17-19(25)13-22(29-20(17)15(14)2)9-11-23(12-10-22)21(26)16-5-3-4-6-18(16)24(27)28/h3-8H,9-13H2,1-2H3. The summed E-state index contributed by atoms with van der Waals surface area (Å²) in [6, 6.07) is 9.74. The lowest BCUT2D eigenvalue weighted by molar-refractivity contribution is -0.385. The Hall–Kier alpha value is -3.22. The minimum atomic E-state index is -0.623. The van der Waals surface area contributed by atoms with Gasteiger partial charge >= 0.3 is 0 Å². The van der Waals surface area contributed by atoms with E-state index in [1.165, 1.54) is 12.1 Å². The fraction of sp³-hybridized carbons (Fsp3) is 0.364. The monoisotopic (exact) mass is 394 g/mol. The lowest BCUT2D eigenvalue weighted by Gasteiger charge is -2.44. The van der Waals surface area contributed by atoms with Crippen LogP contribution < -0.4 is 4.74 Å². The molecule has 2 aliphatic heterocycles. The molecule has 0 aliphatic carbocycles. The van der Waals surface area contributed by atoms with E-state index in [1.54, 1.807) is 17.0 Å². The molecule has 2 heterocycles. The number of ketones is 1. The van der Waals surface area contributed by atoms with Gasteiger partial charge in [-0.3, -0.25) is 19.7 Å². The van der Waals surface area contributed by atoms with Crippen molar-refractivity contribution in [3.05, 3.63) is 68.8 Å². The Bertz CT molecular complexity index is 1020. The molecule has 2 aromatic carbocycles. The largest absolute Gasteiger partial charge is 0.486 e. The summed E-state index contributed by atoms with van der Waals surface area (Å²) in [5.41, 5.74) is 1.93. The van der Waals surface area contributed by atoms with Gasteiger partial charge in [-0.15, -0.1) is 0 Å². The van der Waals surface area contributed by atoms with Crippen molar-refractivity contribution in [1.82, 2.24) is 4.90 Å². The van der Waals surface area contributed by atoms with Crippen molar-refractivity contribution in [1.29, 1.82) is 0 Å². The molecular formula is C22H22N2O5. The molecular weight excluding hydrogens is 372 g/mol. The second-order valence-corrected chi connectivity index (χ2v) is 7.84. The van der Waals surface area contributed by atoms with E-state index in [2.05, 4.69) is 0 Å². The molecule has 1 amide bonds. The zero-order valence-electron chi connectivity index (χ0n) is 16.4. The van der Waals surface area contributed by atoms with Gasteiger partial charge in [0.15, 0.2) is 5.78 Å². The fourth-order valence-corrected chi connectivity index (χ4v) is 4.16. The number of aryl methyl sites for hydroxylation is 1. The molecule has 150 valence electrons. The van der Waals surface area contributed by atoms with Crippen molar-refractivity contribution in [3.63, 3.8) is 0 Å². The van der Waals surface area contributed by atoms with E-state index < -0.39 is 10.5 Å². The normalized spacial score (nSPS) is 17.6. The molecule has 1 spiro atoms. The summed E-state index contributed by atoms with van der Waals surface area (Å²) >= 11 is 0. The van der Waals surface area contributed by atoms with Gasteiger partial charge in [-0.25, -0.2) is 0 Å². The van der Waals surface area contributed by atoms with Gasteiger partial charge in [0.05, 0.1) is 16.9 Å². The molecule has 0 N–H and O–H groups in total. The highest BCUT2D eigenvalue weighted by atomic mass is 16.6. The predicted molar refractivity (Wildman–Crippen MR) is 106 cm³/mol. The van der Waals surface area contributed by atoms with Crippen molar-refractivity contribution < 1.29 is 19.2 Å². The van der Waals surface area contributed by atoms with Gasteiger partial charge < -0.3 is 9.64 Å². The number of nitro groups is 1. The summed E-state index contributed by atoms with van der Waals surface area (Å²) < 4.78 is 6.37. The maximum Gasteiger partial charge on any atom is 0.282 e. The van der Waals surface area contributed by atoms with Gasteiger partial charge in [-0.05, 0) is 37.1 Å². The molecule has 29 heavy (non-hydrogen) atoms. The number of para-hydroxylation sites is 1. The molecule has 4 rings (SSSR count). The first kappa shape index (κ1) is 19.1. The summed E-state index contributed by atoms with van der Waals surface area (Å²) in [5, 5.41) is 11.2. The van der Waals surface area contributed by atoms with Crippen LogP contribution in [-0.2, 0) is 0 Å². The number of nitro benzene ring substituents is 1. The van der Waals surface area contributed by atoms with Crippen LogP contribution in [0.25, 0.3) is 0 Å². The number of amides is 1. The number of carbonyl (C=O) groups is 2. The van der Waals surface area contributed by atoms with Crippen LogP contribution in [0, 0.1) is 24.0 Å². The van der Waals surface area contributed by atoms with Crippen molar-refractivity contribution in [2.45, 2.75) is 38.7 Å². The quantitative estimate of drug-likeness (QED) is 0.570. The number of hydrogen-bond donors (Lipinski definition) is 0. The van der Waals surface area contributed by atoms with Gasteiger partial charge in [-0.1, -0.05) is 18.2 Å². The number of ether oxygens (including phenoxy) is 1. The molecule has 0 atom stereocenters. The molecule has 1 fully saturated rings. The highest BCUT2D eigenvalue weighted by Crippen LogP contribution is 2.42. The van der Waals surface area contributed by atoms with Crippen LogP contribution in [0.2, 0.25) is 0 Å². The van der Waals surface area contributed by atoms with Crippen LogP contribution in [0.4, 0.5) is 5.69 Å². The molecule has 2 aliphatic rings. The third kappa shape index (κ3) is 3.26. The second kappa shape index (κ2) is 6.99. The van der Waals surface area contributed by atoms with E-state index in [0.717, 1.165) is 11.1 Å². The Labute approximate surface area is 168 Å². The van der Waals surface area contributed by atoms with Gasteiger partial charge in [0, 0.05) is 32.0 Å². The smallest absolute Gasteiger partial charge is 0.282 e. The summed E-state index contributed by atoms with van der Waals surface area (Å²) in [7, 11) is 0. The molecule has 0 unspecified atom stereocenters. The van der Waals surface area contributed by atoms with Crippen LogP contribution in [0.5, 0.6) is 5.75 Å². The van der Waals surface area contributed by atoms with Crippen LogP contribution in [0.1, 0.15) is 51.1 Å². The number of nitrogens with zero attached hydrogens (tertiary/aromatic N) is 2. The van der Waals surface area contributed by atoms with Gasteiger partial charge in [0.1, 0.15) is 16.9 Å². The number of rotatable bonds is 2. The summed E-state index contributed by atoms with van der Waals surface area (Å²) in [6.07, 6.45) is 1.31. The summed E-state index contributed by atoms with van der Waals surface area (Å²) in [6.45, 7) is 4.71. The Morgan fingerprint density at radius 1 is 1.14 bits per heavy atom. The van der Waals surface area contributed by atoms with E-state index in [9.17, 15) is 19.7 Å². The Morgan fingerprint density at radius 3 is 2.52 bits per heavy atom. The van der Waals surface area contributed by atoms with E-state index in [0.29, 0.717) is 37.2 Å². The SMILES string of the molecule is Cc1ccc2c(c1C)OC1(CCN(C(=O)c3ccccc3[N+](=O)[O-])CC1)CC2=O. The third-order valence-electron chi connectivity index (χ3n) is 6.07. The Balaban J connectivity index is 1.54. The van der Waals surface area contributed by atoms with Gasteiger partial charge in [0.25, 0.3) is 11.6 Å². The number of hydrogen-bond acceptors (Lipinski definition) is 5. The molecule has 0 aromatic heterocycles.